The minimum absolute atomic E-state index is 0.0103. The summed E-state index contributed by atoms with van der Waals surface area (Å²) in [7, 11) is 0. The van der Waals surface area contributed by atoms with E-state index in [1.165, 1.54) is 44.1 Å². The maximum Gasteiger partial charge on any atom is 0.309 e. The van der Waals surface area contributed by atoms with Gasteiger partial charge < -0.3 is 9.84 Å². The number of benzene rings is 1. The Morgan fingerprint density at radius 2 is 1.77 bits per heavy atom. The molecule has 0 heterocycles. The van der Waals surface area contributed by atoms with Crippen LogP contribution < -0.4 is 0 Å². The van der Waals surface area contributed by atoms with Gasteiger partial charge in [0, 0.05) is 0 Å². The van der Waals surface area contributed by atoms with Gasteiger partial charge in [-0.1, -0.05) is 49.9 Å². The van der Waals surface area contributed by atoms with E-state index >= 15 is 0 Å². The van der Waals surface area contributed by atoms with E-state index in [2.05, 4.69) is 12.1 Å². The molecular weight excluding hydrogens is 276 g/mol. The summed E-state index contributed by atoms with van der Waals surface area (Å²) in [6.07, 6.45) is 7.84. The van der Waals surface area contributed by atoms with Crippen LogP contribution in [0.2, 0.25) is 0 Å². The summed E-state index contributed by atoms with van der Waals surface area (Å²) < 4.78 is 4.93. The van der Waals surface area contributed by atoms with Crippen molar-refractivity contribution in [2.75, 3.05) is 6.61 Å². The third kappa shape index (κ3) is 4.57. The normalized spacial score (nSPS) is 19.2. The van der Waals surface area contributed by atoms with Gasteiger partial charge in [-0.2, -0.15) is 0 Å². The van der Waals surface area contributed by atoms with Crippen molar-refractivity contribution < 1.29 is 14.6 Å². The Labute approximate surface area is 133 Å². The second-order valence-electron chi connectivity index (χ2n) is 6.57. The Hall–Kier alpha value is -1.35. The predicted molar refractivity (Wildman–Crippen MR) is 87.7 cm³/mol. The second kappa shape index (κ2) is 7.77. The zero-order valence-corrected chi connectivity index (χ0v) is 13.8. The topological polar surface area (TPSA) is 46.5 Å². The number of aliphatic hydroxyl groups is 1. The maximum atomic E-state index is 11.6. The summed E-state index contributed by atoms with van der Waals surface area (Å²) in [5.74, 6) is 0.284. The zero-order chi connectivity index (χ0) is 16.0. The zero-order valence-electron chi connectivity index (χ0n) is 13.8. The van der Waals surface area contributed by atoms with Crippen molar-refractivity contribution in [2.24, 2.45) is 0 Å². The number of rotatable bonds is 5. The van der Waals surface area contributed by atoms with Gasteiger partial charge in [-0.15, -0.1) is 0 Å². The molecule has 0 radical (unpaired) electrons. The summed E-state index contributed by atoms with van der Waals surface area (Å²) in [5, 5.41) is 10.5. The quantitative estimate of drug-likeness (QED) is 0.652. The summed E-state index contributed by atoms with van der Waals surface area (Å²) >= 11 is 0. The number of hydrogen-bond donors (Lipinski definition) is 1. The number of carbonyl (C=O) groups excluding carboxylic acids is 1. The van der Waals surface area contributed by atoms with Gasteiger partial charge in [0.25, 0.3) is 0 Å². The Morgan fingerprint density at radius 3 is 2.32 bits per heavy atom. The van der Waals surface area contributed by atoms with E-state index in [1.54, 1.807) is 13.8 Å². The molecule has 0 amide bonds. The first-order valence-corrected chi connectivity index (χ1v) is 8.51. The second-order valence-corrected chi connectivity index (χ2v) is 6.57. The Kier molecular flexibility index (Phi) is 6.01. The lowest BCUT2D eigenvalue weighted by molar-refractivity contribution is -0.148. The molecule has 0 spiro atoms. The molecule has 0 saturated heterocycles. The maximum absolute atomic E-state index is 11.6. The lowest BCUT2D eigenvalue weighted by atomic mass is 9.87. The van der Waals surface area contributed by atoms with Crippen LogP contribution in [0.3, 0.4) is 0 Å². The summed E-state index contributed by atoms with van der Waals surface area (Å²) in [6, 6.07) is 8.15. The minimum Gasteiger partial charge on any atom is -0.466 e. The highest BCUT2D eigenvalue weighted by Gasteiger charge is 2.27. The van der Waals surface area contributed by atoms with E-state index < -0.39 is 5.60 Å². The first-order valence-electron chi connectivity index (χ1n) is 8.51. The average molecular weight is 304 g/mol. The third-order valence-corrected chi connectivity index (χ3v) is 4.65. The highest BCUT2D eigenvalue weighted by molar-refractivity contribution is 5.71. The fourth-order valence-corrected chi connectivity index (χ4v) is 3.32. The molecule has 2 rings (SSSR count). The van der Waals surface area contributed by atoms with E-state index in [9.17, 15) is 9.90 Å². The van der Waals surface area contributed by atoms with Gasteiger partial charge >= 0.3 is 5.97 Å². The molecule has 1 N–H and O–H groups in total. The van der Waals surface area contributed by atoms with Crippen LogP contribution >= 0.6 is 0 Å². The van der Waals surface area contributed by atoms with Gasteiger partial charge in [0.1, 0.15) is 0 Å². The molecule has 1 aromatic carbocycles. The first kappa shape index (κ1) is 17.0. The molecule has 0 aromatic heterocycles. The summed E-state index contributed by atoms with van der Waals surface area (Å²) in [4.78, 5) is 11.6. The van der Waals surface area contributed by atoms with E-state index in [0.29, 0.717) is 12.5 Å². The van der Waals surface area contributed by atoms with E-state index in [-0.39, 0.29) is 12.4 Å². The SMILES string of the molecule is CCOC(=O)CC(C)(O)c1ccc(C2CCCCCC2)cc1. The fraction of sp³-hybridized carbons (Fsp3) is 0.632. The highest BCUT2D eigenvalue weighted by atomic mass is 16.5. The molecule has 0 bridgehead atoms. The smallest absolute Gasteiger partial charge is 0.309 e. The lowest BCUT2D eigenvalue weighted by Crippen LogP contribution is -2.26. The van der Waals surface area contributed by atoms with Crippen molar-refractivity contribution in [1.82, 2.24) is 0 Å². The van der Waals surface area contributed by atoms with Crippen molar-refractivity contribution in [1.29, 1.82) is 0 Å². The molecule has 1 aromatic rings. The number of carbonyl (C=O) groups is 1. The van der Waals surface area contributed by atoms with Crippen molar-refractivity contribution in [3.8, 4) is 0 Å². The number of hydrogen-bond acceptors (Lipinski definition) is 3. The monoisotopic (exact) mass is 304 g/mol. The van der Waals surface area contributed by atoms with Crippen molar-refractivity contribution in [3.05, 3.63) is 35.4 Å². The van der Waals surface area contributed by atoms with Crippen LogP contribution in [0, 0.1) is 0 Å². The molecule has 1 aliphatic carbocycles. The van der Waals surface area contributed by atoms with Gasteiger partial charge in [-0.3, -0.25) is 4.79 Å². The van der Waals surface area contributed by atoms with Crippen LogP contribution in [0.5, 0.6) is 0 Å². The average Bonchev–Trinajstić information content (AvgIpc) is 2.76. The molecule has 122 valence electrons. The van der Waals surface area contributed by atoms with Gasteiger partial charge in [0.05, 0.1) is 18.6 Å². The molecule has 0 aliphatic heterocycles. The van der Waals surface area contributed by atoms with E-state index in [4.69, 9.17) is 4.74 Å². The van der Waals surface area contributed by atoms with Crippen LogP contribution in [0.1, 0.15) is 75.8 Å². The van der Waals surface area contributed by atoms with Crippen LogP contribution in [-0.2, 0) is 15.1 Å². The Balaban J connectivity index is 2.05. The third-order valence-electron chi connectivity index (χ3n) is 4.65. The minimum atomic E-state index is -1.17. The fourth-order valence-electron chi connectivity index (χ4n) is 3.32. The molecule has 1 aliphatic rings. The largest absolute Gasteiger partial charge is 0.466 e. The van der Waals surface area contributed by atoms with E-state index in [0.717, 1.165) is 5.56 Å². The molecule has 3 nitrogen and oxygen atoms in total. The van der Waals surface area contributed by atoms with Gasteiger partial charge in [-0.05, 0) is 43.7 Å². The van der Waals surface area contributed by atoms with Crippen LogP contribution in [0.25, 0.3) is 0 Å². The van der Waals surface area contributed by atoms with Gasteiger partial charge in [0.2, 0.25) is 0 Å². The predicted octanol–water partition coefficient (Wildman–Crippen LogP) is 4.29. The summed E-state index contributed by atoms with van der Waals surface area (Å²) in [5.41, 5.74) is 0.962. The van der Waals surface area contributed by atoms with Gasteiger partial charge in [0.15, 0.2) is 0 Å². The van der Waals surface area contributed by atoms with Crippen molar-refractivity contribution in [3.63, 3.8) is 0 Å². The Morgan fingerprint density at radius 1 is 1.18 bits per heavy atom. The van der Waals surface area contributed by atoms with Crippen molar-refractivity contribution in [2.45, 2.75) is 70.3 Å². The standard InChI is InChI=1S/C19H28O3/c1-3-22-18(20)14-19(2,21)17-12-10-16(11-13-17)15-8-6-4-5-7-9-15/h10-13,15,21H,3-9,14H2,1-2H3. The lowest BCUT2D eigenvalue weighted by Gasteiger charge is -2.24. The van der Waals surface area contributed by atoms with E-state index in [1.807, 2.05) is 12.1 Å². The highest BCUT2D eigenvalue weighted by Crippen LogP contribution is 2.33. The first-order chi connectivity index (χ1) is 10.5. The molecular formula is C19H28O3. The number of esters is 1. The van der Waals surface area contributed by atoms with Crippen LogP contribution in [0.15, 0.2) is 24.3 Å². The van der Waals surface area contributed by atoms with Crippen LogP contribution in [0.4, 0.5) is 0 Å². The number of ether oxygens (including phenoxy) is 1. The molecule has 1 fully saturated rings. The molecule has 3 heteroatoms. The molecule has 1 saturated carbocycles. The summed E-state index contributed by atoms with van der Waals surface area (Å²) in [6.45, 7) is 3.79. The van der Waals surface area contributed by atoms with Crippen LogP contribution in [-0.4, -0.2) is 17.7 Å². The molecule has 1 unspecified atom stereocenters. The van der Waals surface area contributed by atoms with Gasteiger partial charge in [-0.25, -0.2) is 0 Å². The molecule has 22 heavy (non-hydrogen) atoms. The molecule has 1 atom stereocenters. The Bertz CT molecular complexity index is 468. The van der Waals surface area contributed by atoms with Crippen molar-refractivity contribution >= 4 is 5.97 Å².